The highest BCUT2D eigenvalue weighted by atomic mass is 35.5. The molecule has 0 spiro atoms. The van der Waals surface area contributed by atoms with Crippen LogP contribution in [0.25, 0.3) is 22.3 Å². The van der Waals surface area contributed by atoms with Crippen molar-refractivity contribution in [3.8, 4) is 11.3 Å². The van der Waals surface area contributed by atoms with E-state index in [0.717, 1.165) is 39.9 Å². The maximum atomic E-state index is 13.7. The number of halogens is 2. The van der Waals surface area contributed by atoms with E-state index < -0.39 is 11.2 Å². The van der Waals surface area contributed by atoms with Crippen LogP contribution in [0.4, 0.5) is 13.5 Å². The molecule has 14 heteroatoms. The summed E-state index contributed by atoms with van der Waals surface area (Å²) in [5.41, 5.74) is 1.74. The fourth-order valence-corrected chi connectivity index (χ4v) is 7.02. The molecule has 0 aliphatic heterocycles. The molecule has 3 aromatic heterocycles. The molecule has 2 atom stereocenters. The van der Waals surface area contributed by atoms with Gasteiger partial charge in [0, 0.05) is 55.6 Å². The molecule has 1 fully saturated rings. The van der Waals surface area contributed by atoms with Gasteiger partial charge in [0.15, 0.2) is 12.3 Å². The quantitative estimate of drug-likeness (QED) is 0.143. The summed E-state index contributed by atoms with van der Waals surface area (Å²) >= 11 is 6.43. The average molecular weight is 728 g/mol. The second-order valence-corrected chi connectivity index (χ2v) is 15.7. The van der Waals surface area contributed by atoms with Crippen molar-refractivity contribution in [3.05, 3.63) is 65.8 Å². The Morgan fingerprint density at radius 3 is 2.34 bits per heavy atom. The number of carbonyl (C=O) groups is 2. The van der Waals surface area contributed by atoms with Gasteiger partial charge in [-0.15, -0.1) is 3.89 Å². The summed E-state index contributed by atoms with van der Waals surface area (Å²) in [6.45, 7) is 13.0. The molecule has 2 amide bonds. The minimum atomic E-state index is -0.655. The molecule has 1 aliphatic carbocycles. The van der Waals surface area contributed by atoms with Crippen molar-refractivity contribution in [1.29, 1.82) is 0 Å². The molecule has 270 valence electrons. The van der Waals surface area contributed by atoms with Crippen molar-refractivity contribution in [2.45, 2.75) is 90.9 Å². The van der Waals surface area contributed by atoms with Crippen molar-refractivity contribution in [3.63, 3.8) is 0 Å². The van der Waals surface area contributed by atoms with E-state index >= 15 is 0 Å². The Morgan fingerprint density at radius 1 is 0.980 bits per heavy atom. The van der Waals surface area contributed by atoms with Crippen molar-refractivity contribution >= 4 is 47.2 Å². The van der Waals surface area contributed by atoms with Crippen LogP contribution in [0.5, 0.6) is 0 Å². The van der Waals surface area contributed by atoms with E-state index in [0.29, 0.717) is 55.3 Å². The van der Waals surface area contributed by atoms with Gasteiger partial charge in [-0.2, -0.15) is 9.19 Å². The van der Waals surface area contributed by atoms with Crippen LogP contribution in [0.2, 0.25) is 5.02 Å². The van der Waals surface area contributed by atoms with Gasteiger partial charge < -0.3 is 23.8 Å². The van der Waals surface area contributed by atoms with Gasteiger partial charge in [0.1, 0.15) is 28.9 Å². The van der Waals surface area contributed by atoms with Gasteiger partial charge >= 0.3 is 12.2 Å². The van der Waals surface area contributed by atoms with Gasteiger partial charge in [-0.3, -0.25) is 0 Å². The molecule has 50 heavy (non-hydrogen) atoms. The third-order valence-corrected chi connectivity index (χ3v) is 9.25. The first-order valence-electron chi connectivity index (χ1n) is 17.1. The first kappa shape index (κ1) is 37.4. The standard InChI is InChI=1S/C36H47ClFN7O4S/c1-35(2,3)48-33(46)42(18-15-25-11-8-7-9-12-25)16-10-17-43(34(47)49-36(4,5)6)22-26-13-14-27(19-26)44-23-29(28-20-39-24-40-32(28)44)31-30(37)21-41-45(31)50-38/h7-9,11-12,20-21,23-24,26-27H,10,13-19,22H2,1-6H3/t26-,27+/m1/s1. The third-order valence-electron chi connectivity index (χ3n) is 8.57. The summed E-state index contributed by atoms with van der Waals surface area (Å²) in [4.78, 5) is 39.0. The second kappa shape index (κ2) is 16.0. The largest absolute Gasteiger partial charge is 0.444 e. The zero-order valence-corrected chi connectivity index (χ0v) is 31.2. The highest BCUT2D eigenvalue weighted by Crippen LogP contribution is 2.41. The summed E-state index contributed by atoms with van der Waals surface area (Å²) < 4.78 is 28.6. The van der Waals surface area contributed by atoms with E-state index in [1.54, 1.807) is 16.0 Å². The van der Waals surface area contributed by atoms with Crippen molar-refractivity contribution in [2.75, 3.05) is 26.2 Å². The Hall–Kier alpha value is -3.84. The van der Waals surface area contributed by atoms with E-state index in [9.17, 15) is 13.5 Å². The highest BCUT2D eigenvalue weighted by molar-refractivity contribution is 7.92. The van der Waals surface area contributed by atoms with Gasteiger partial charge in [0.05, 0.1) is 11.2 Å². The fraction of sp³-hybridized carbons (Fsp3) is 0.528. The normalized spacial score (nSPS) is 16.5. The number of ether oxygens (including phenoxy) is 2. The van der Waals surface area contributed by atoms with Crippen molar-refractivity contribution in [2.24, 2.45) is 5.92 Å². The second-order valence-electron chi connectivity index (χ2n) is 14.8. The first-order chi connectivity index (χ1) is 23.7. The molecule has 1 aliphatic rings. The Bertz CT molecular complexity index is 1750. The Morgan fingerprint density at radius 2 is 1.66 bits per heavy atom. The van der Waals surface area contributed by atoms with Crippen LogP contribution in [0.1, 0.15) is 78.8 Å². The van der Waals surface area contributed by atoms with Crippen LogP contribution in [0.3, 0.4) is 0 Å². The number of carbonyl (C=O) groups excluding carboxylic acids is 2. The van der Waals surface area contributed by atoms with E-state index in [2.05, 4.69) is 19.6 Å². The molecule has 0 bridgehead atoms. The number of nitrogens with zero attached hydrogens (tertiary/aromatic N) is 7. The van der Waals surface area contributed by atoms with Gasteiger partial charge in [-0.1, -0.05) is 41.9 Å². The SMILES string of the molecule is CC(C)(C)OC(=O)N(CCCN(C[C@@H]1CC[C@H](n2cc(-c3c(Cl)cnn3SF)c3cncnc32)C1)C(=O)OC(C)(C)C)CCc1ccccc1. The highest BCUT2D eigenvalue weighted by Gasteiger charge is 2.33. The van der Waals surface area contributed by atoms with E-state index in [1.807, 2.05) is 78.1 Å². The molecule has 11 nitrogen and oxygen atoms in total. The smallest absolute Gasteiger partial charge is 0.410 e. The summed E-state index contributed by atoms with van der Waals surface area (Å²) in [7, 11) is 0. The van der Waals surface area contributed by atoms with Crippen LogP contribution in [0, 0.1) is 5.92 Å². The molecule has 0 saturated heterocycles. The number of hydrogen-bond donors (Lipinski definition) is 0. The Labute approximate surface area is 302 Å². The number of hydrogen-bond acceptors (Lipinski definition) is 8. The van der Waals surface area contributed by atoms with Crippen LogP contribution in [-0.4, -0.2) is 83.1 Å². The lowest BCUT2D eigenvalue weighted by Gasteiger charge is -2.31. The molecule has 5 rings (SSSR count). The lowest BCUT2D eigenvalue weighted by Crippen LogP contribution is -2.42. The van der Waals surface area contributed by atoms with Crippen molar-refractivity contribution < 1.29 is 22.9 Å². The molecule has 0 N–H and O–H groups in total. The fourth-order valence-electron chi connectivity index (χ4n) is 6.40. The first-order valence-corrected chi connectivity index (χ1v) is 18.1. The third kappa shape index (κ3) is 9.69. The minimum absolute atomic E-state index is 0.0188. The number of fused-ring (bicyclic) bond motifs is 1. The van der Waals surface area contributed by atoms with Gasteiger partial charge in [-0.05, 0) is 85.1 Å². The van der Waals surface area contributed by atoms with Crippen LogP contribution in [0.15, 0.2) is 55.2 Å². The summed E-state index contributed by atoms with van der Waals surface area (Å²) in [5.74, 6) is 0.200. The topological polar surface area (TPSA) is 108 Å². The zero-order chi connectivity index (χ0) is 36.1. The van der Waals surface area contributed by atoms with Gasteiger partial charge in [0.25, 0.3) is 0 Å². The maximum absolute atomic E-state index is 13.7. The minimum Gasteiger partial charge on any atom is -0.444 e. The average Bonchev–Trinajstić information content (AvgIpc) is 3.77. The lowest BCUT2D eigenvalue weighted by atomic mass is 10.1. The van der Waals surface area contributed by atoms with Crippen LogP contribution < -0.4 is 0 Å². The predicted octanol–water partition coefficient (Wildman–Crippen LogP) is 8.78. The van der Waals surface area contributed by atoms with E-state index in [4.69, 9.17) is 21.1 Å². The number of amides is 2. The molecular weight excluding hydrogens is 681 g/mol. The molecule has 3 heterocycles. The van der Waals surface area contributed by atoms with Gasteiger partial charge in [-0.25, -0.2) is 19.6 Å². The number of benzene rings is 1. The molecule has 1 aromatic carbocycles. The monoisotopic (exact) mass is 727 g/mol. The molecule has 0 radical (unpaired) electrons. The predicted molar refractivity (Wildman–Crippen MR) is 195 cm³/mol. The summed E-state index contributed by atoms with van der Waals surface area (Å²) in [5, 5.41) is 5.13. The number of aromatic nitrogens is 5. The summed E-state index contributed by atoms with van der Waals surface area (Å²) in [6, 6.07) is 10.1. The molecule has 0 unspecified atom stereocenters. The number of rotatable bonds is 12. The zero-order valence-electron chi connectivity index (χ0n) is 29.6. The van der Waals surface area contributed by atoms with E-state index in [1.165, 1.54) is 12.5 Å². The molecule has 4 aromatic rings. The van der Waals surface area contributed by atoms with Crippen molar-refractivity contribution in [1.82, 2.24) is 33.5 Å². The molecule has 1 saturated carbocycles. The lowest BCUT2D eigenvalue weighted by molar-refractivity contribution is 0.0186. The Balaban J connectivity index is 1.29. The Kier molecular flexibility index (Phi) is 12.0. The van der Waals surface area contributed by atoms with Crippen LogP contribution in [-0.2, 0) is 15.9 Å². The van der Waals surface area contributed by atoms with Crippen LogP contribution >= 0.6 is 23.9 Å². The molecular formula is C36H47ClFN7O4S. The maximum Gasteiger partial charge on any atom is 0.410 e. The van der Waals surface area contributed by atoms with E-state index in [-0.39, 0.29) is 36.5 Å². The van der Waals surface area contributed by atoms with Gasteiger partial charge in [0.2, 0.25) is 0 Å². The summed E-state index contributed by atoms with van der Waals surface area (Å²) in [6.07, 6.45) is 9.67.